The normalized spacial score (nSPS) is 25.1. The van der Waals surface area contributed by atoms with Gasteiger partial charge in [0.1, 0.15) is 19.1 Å². The number of halogens is 3. The van der Waals surface area contributed by atoms with Crippen LogP contribution in [0.5, 0.6) is 0 Å². The molecule has 0 radical (unpaired) electrons. The first kappa shape index (κ1) is 11.7. The second-order valence-electron chi connectivity index (χ2n) is 3.77. The third kappa shape index (κ3) is 2.04. The predicted molar refractivity (Wildman–Crippen MR) is 46.7 cm³/mol. The summed E-state index contributed by atoms with van der Waals surface area (Å²) in [4.78, 5) is 35.0. The van der Waals surface area contributed by atoms with E-state index in [-0.39, 0.29) is 18.0 Å². The fourth-order valence-electron chi connectivity index (χ4n) is 1.82. The number of carbonyl (C=O) groups excluding carboxylic acids is 3. The van der Waals surface area contributed by atoms with Gasteiger partial charge in [0.25, 0.3) is 5.91 Å². The van der Waals surface area contributed by atoms with E-state index in [0.717, 1.165) is 4.90 Å². The number of nitrogens with zero attached hydrogens (tertiary/aromatic N) is 2. The summed E-state index contributed by atoms with van der Waals surface area (Å²) in [5.74, 6) is -1.41. The van der Waals surface area contributed by atoms with E-state index in [1.54, 1.807) is 0 Å². The number of hydrogen-bond donors (Lipinski definition) is 1. The first-order valence-corrected chi connectivity index (χ1v) is 4.75. The van der Waals surface area contributed by atoms with Gasteiger partial charge in [0, 0.05) is 6.54 Å². The predicted octanol–water partition coefficient (Wildman–Crippen LogP) is -0.689. The molecule has 0 bridgehead atoms. The lowest BCUT2D eigenvalue weighted by atomic mass is 10.2. The first-order valence-electron chi connectivity index (χ1n) is 4.75. The topological polar surface area (TPSA) is 69.7 Å². The number of fused-ring (bicyclic) bond motifs is 1. The van der Waals surface area contributed by atoms with Gasteiger partial charge in [-0.3, -0.25) is 14.5 Å². The average molecular weight is 251 g/mol. The summed E-state index contributed by atoms with van der Waals surface area (Å²) in [6, 6.07) is -2.07. The van der Waals surface area contributed by atoms with Crippen molar-refractivity contribution >= 4 is 17.8 Å². The Morgan fingerprint density at radius 2 is 1.94 bits per heavy atom. The third-order valence-electron chi connectivity index (χ3n) is 2.55. The fraction of sp³-hybridized carbons (Fsp3) is 0.625. The molecular weight excluding hydrogens is 243 g/mol. The molecule has 2 fully saturated rings. The van der Waals surface area contributed by atoms with Gasteiger partial charge in [-0.25, -0.2) is 4.79 Å². The molecular formula is C8H8F3N3O3. The lowest BCUT2D eigenvalue weighted by Crippen LogP contribution is -2.54. The van der Waals surface area contributed by atoms with Crippen LogP contribution in [0.4, 0.5) is 18.0 Å². The monoisotopic (exact) mass is 251 g/mol. The zero-order chi connectivity index (χ0) is 12.8. The Kier molecular flexibility index (Phi) is 2.48. The van der Waals surface area contributed by atoms with Crippen LogP contribution in [0.1, 0.15) is 0 Å². The highest BCUT2D eigenvalue weighted by atomic mass is 19.4. The Hall–Kier alpha value is -1.80. The molecule has 1 atom stereocenters. The molecule has 0 aromatic carbocycles. The second kappa shape index (κ2) is 3.60. The van der Waals surface area contributed by atoms with Crippen LogP contribution in [0.2, 0.25) is 0 Å². The van der Waals surface area contributed by atoms with E-state index in [1.165, 1.54) is 0 Å². The lowest BCUT2D eigenvalue weighted by Gasteiger charge is -2.26. The van der Waals surface area contributed by atoms with Crippen LogP contribution < -0.4 is 5.32 Å². The molecule has 0 aromatic heterocycles. The minimum atomic E-state index is -4.64. The molecule has 2 aliphatic rings. The van der Waals surface area contributed by atoms with Crippen molar-refractivity contribution in [2.75, 3.05) is 19.6 Å². The fourth-order valence-corrected chi connectivity index (χ4v) is 1.82. The Labute approximate surface area is 93.3 Å². The molecule has 2 heterocycles. The molecule has 2 rings (SSSR count). The van der Waals surface area contributed by atoms with E-state index in [4.69, 9.17) is 0 Å². The molecule has 1 N–H and O–H groups in total. The molecule has 2 saturated heterocycles. The van der Waals surface area contributed by atoms with Crippen molar-refractivity contribution in [3.8, 4) is 0 Å². The van der Waals surface area contributed by atoms with Crippen molar-refractivity contribution in [3.63, 3.8) is 0 Å². The number of carbonyl (C=O) groups is 3. The molecule has 0 aliphatic carbocycles. The summed E-state index contributed by atoms with van der Waals surface area (Å²) in [5.41, 5.74) is 0. The highest BCUT2D eigenvalue weighted by Crippen LogP contribution is 2.24. The summed E-state index contributed by atoms with van der Waals surface area (Å²) in [6.07, 6.45) is -4.64. The highest BCUT2D eigenvalue weighted by Gasteiger charge is 2.50. The molecule has 0 saturated carbocycles. The molecule has 9 heteroatoms. The number of imide groups is 1. The number of nitrogens with one attached hydrogen (secondary N) is 1. The summed E-state index contributed by atoms with van der Waals surface area (Å²) < 4.78 is 36.5. The van der Waals surface area contributed by atoms with Crippen molar-refractivity contribution in [1.82, 2.24) is 15.1 Å². The number of urea groups is 1. The van der Waals surface area contributed by atoms with Crippen LogP contribution in [0.25, 0.3) is 0 Å². The van der Waals surface area contributed by atoms with E-state index in [2.05, 4.69) is 5.32 Å². The largest absolute Gasteiger partial charge is 0.406 e. The minimum Gasteiger partial charge on any atom is -0.352 e. The molecule has 94 valence electrons. The maximum Gasteiger partial charge on any atom is 0.406 e. The Morgan fingerprint density at radius 3 is 2.53 bits per heavy atom. The standard InChI is InChI=1S/C8H8F3N3O3/c9-8(10,11)3-14-6(16)4-1-12-5(15)2-13(4)7(14)17/h4H,1-3H2,(H,12,15). The van der Waals surface area contributed by atoms with E-state index < -0.39 is 36.6 Å². The van der Waals surface area contributed by atoms with Crippen LogP contribution in [-0.2, 0) is 9.59 Å². The molecule has 17 heavy (non-hydrogen) atoms. The molecule has 0 spiro atoms. The van der Waals surface area contributed by atoms with Gasteiger partial charge in [-0.2, -0.15) is 13.2 Å². The Bertz CT molecular complexity index is 395. The zero-order valence-electron chi connectivity index (χ0n) is 8.45. The number of rotatable bonds is 1. The van der Waals surface area contributed by atoms with Crippen LogP contribution >= 0.6 is 0 Å². The van der Waals surface area contributed by atoms with E-state index in [9.17, 15) is 27.6 Å². The second-order valence-corrected chi connectivity index (χ2v) is 3.77. The van der Waals surface area contributed by atoms with E-state index in [0.29, 0.717) is 0 Å². The number of hydrogen-bond acceptors (Lipinski definition) is 3. The summed E-state index contributed by atoms with van der Waals surface area (Å²) >= 11 is 0. The van der Waals surface area contributed by atoms with Crippen molar-refractivity contribution in [2.45, 2.75) is 12.2 Å². The number of amides is 4. The van der Waals surface area contributed by atoms with Crippen LogP contribution in [0, 0.1) is 0 Å². The average Bonchev–Trinajstić information content (AvgIpc) is 2.42. The summed E-state index contributed by atoms with van der Waals surface area (Å²) in [7, 11) is 0. The van der Waals surface area contributed by atoms with Crippen molar-refractivity contribution < 1.29 is 27.6 Å². The van der Waals surface area contributed by atoms with Crippen LogP contribution in [0.15, 0.2) is 0 Å². The van der Waals surface area contributed by atoms with Gasteiger partial charge >= 0.3 is 12.2 Å². The van der Waals surface area contributed by atoms with Crippen LogP contribution in [0.3, 0.4) is 0 Å². The van der Waals surface area contributed by atoms with Gasteiger partial charge in [-0.1, -0.05) is 0 Å². The van der Waals surface area contributed by atoms with Crippen LogP contribution in [-0.4, -0.2) is 59.5 Å². The van der Waals surface area contributed by atoms with Gasteiger partial charge in [0.05, 0.1) is 0 Å². The first-order chi connectivity index (χ1) is 7.79. The Balaban J connectivity index is 2.18. The SMILES string of the molecule is O=C1CN2C(=O)N(CC(F)(F)F)C(=O)C2CN1. The maximum atomic E-state index is 12.2. The van der Waals surface area contributed by atoms with Crippen molar-refractivity contribution in [2.24, 2.45) is 0 Å². The number of alkyl halides is 3. The van der Waals surface area contributed by atoms with Gasteiger partial charge < -0.3 is 10.2 Å². The Morgan fingerprint density at radius 1 is 1.29 bits per heavy atom. The zero-order valence-corrected chi connectivity index (χ0v) is 8.45. The molecule has 1 unspecified atom stereocenters. The highest BCUT2D eigenvalue weighted by molar-refractivity contribution is 6.06. The third-order valence-corrected chi connectivity index (χ3v) is 2.55. The minimum absolute atomic E-state index is 0.130. The number of piperazine rings is 1. The molecule has 0 aromatic rings. The molecule has 4 amide bonds. The van der Waals surface area contributed by atoms with E-state index in [1.807, 2.05) is 0 Å². The van der Waals surface area contributed by atoms with Gasteiger partial charge in [0.15, 0.2) is 0 Å². The summed E-state index contributed by atoms with van der Waals surface area (Å²) in [5, 5.41) is 2.33. The van der Waals surface area contributed by atoms with Crippen molar-refractivity contribution in [3.05, 3.63) is 0 Å². The summed E-state index contributed by atoms with van der Waals surface area (Å²) in [6.45, 7) is -2.15. The lowest BCUT2D eigenvalue weighted by molar-refractivity contribution is -0.153. The van der Waals surface area contributed by atoms with Gasteiger partial charge in [-0.05, 0) is 0 Å². The quantitative estimate of drug-likeness (QED) is 0.627. The molecule has 2 aliphatic heterocycles. The van der Waals surface area contributed by atoms with E-state index >= 15 is 0 Å². The molecule has 6 nitrogen and oxygen atoms in total. The maximum absolute atomic E-state index is 12.2. The van der Waals surface area contributed by atoms with Gasteiger partial charge in [0.2, 0.25) is 5.91 Å². The van der Waals surface area contributed by atoms with Crippen molar-refractivity contribution in [1.29, 1.82) is 0 Å². The van der Waals surface area contributed by atoms with Gasteiger partial charge in [-0.15, -0.1) is 0 Å². The smallest absolute Gasteiger partial charge is 0.352 e.